The van der Waals surface area contributed by atoms with Crippen molar-refractivity contribution >= 4 is 37.2 Å². The van der Waals surface area contributed by atoms with E-state index in [0.717, 1.165) is 24.3 Å². The van der Waals surface area contributed by atoms with E-state index in [1.807, 2.05) is 0 Å². The lowest BCUT2D eigenvalue weighted by Gasteiger charge is -2.15. The number of carbonyl (C=O) groups excluding carboxylic acids is 1. The SMILES string of the molecule is C[C@H](NS(=O)(=O)c1cc2c(c([N+](=O)[O-])c1)-c1c(cc(S(=O)(=O)N[C@H](C)c3ccccc3)cc1[N+](=O)[O-])C2=O)c1ccccc1. The molecule has 0 spiro atoms. The molecule has 4 aromatic rings. The smallest absolute Gasteiger partial charge is 0.279 e. The zero-order valence-electron chi connectivity index (χ0n) is 23.1. The Morgan fingerprint density at radius 3 is 1.27 bits per heavy atom. The Labute approximate surface area is 252 Å². The zero-order chi connectivity index (χ0) is 32.0. The second-order valence-electron chi connectivity index (χ2n) is 10.1. The van der Waals surface area contributed by atoms with Crippen LogP contribution < -0.4 is 9.44 Å². The Balaban J connectivity index is 1.61. The summed E-state index contributed by atoms with van der Waals surface area (Å²) < 4.78 is 58.1. The second-order valence-corrected chi connectivity index (χ2v) is 13.5. The van der Waals surface area contributed by atoms with Gasteiger partial charge in [0.15, 0.2) is 5.78 Å². The number of nitrogens with one attached hydrogen (secondary N) is 2. The molecule has 0 fully saturated rings. The van der Waals surface area contributed by atoms with Gasteiger partial charge in [-0.2, -0.15) is 0 Å². The number of nitrogens with zero attached hydrogens (tertiary/aromatic N) is 2. The van der Waals surface area contributed by atoms with Crippen LogP contribution in [0.1, 0.15) is 53.0 Å². The summed E-state index contributed by atoms with van der Waals surface area (Å²) in [4.78, 5) is 34.8. The quantitative estimate of drug-likeness (QED) is 0.160. The molecular weight excluding hydrogens is 612 g/mol. The third-order valence-electron chi connectivity index (χ3n) is 7.20. The van der Waals surface area contributed by atoms with E-state index in [2.05, 4.69) is 9.44 Å². The first-order chi connectivity index (χ1) is 20.7. The number of fused-ring (bicyclic) bond motifs is 3. The molecule has 15 heteroatoms. The van der Waals surface area contributed by atoms with E-state index in [9.17, 15) is 41.9 Å². The summed E-state index contributed by atoms with van der Waals surface area (Å²) in [7, 11) is -8.88. The lowest BCUT2D eigenvalue weighted by Crippen LogP contribution is -2.27. The minimum absolute atomic E-state index is 0.466. The minimum atomic E-state index is -4.44. The molecule has 2 atom stereocenters. The van der Waals surface area contributed by atoms with Crippen molar-refractivity contribution in [2.75, 3.05) is 0 Å². The summed E-state index contributed by atoms with van der Waals surface area (Å²) in [6.45, 7) is 3.13. The summed E-state index contributed by atoms with van der Waals surface area (Å²) >= 11 is 0. The van der Waals surface area contributed by atoms with Crippen LogP contribution in [0.25, 0.3) is 11.1 Å². The maximum Gasteiger partial charge on any atom is 0.279 e. The standard InChI is InChI=1S/C29H24N4O9S2/c1-17(19-9-5-3-6-10-19)30-43(39,40)21-13-23-27(25(15-21)32(35)36)28-24(29(23)34)14-22(16-26(28)33(37)38)44(41,42)31-18(2)20-11-7-4-8-12-20/h3-18,30-31H,1-2H3/t17-,18+. The average Bonchev–Trinajstić information content (AvgIpc) is 3.28. The van der Waals surface area contributed by atoms with Crippen molar-refractivity contribution in [1.29, 1.82) is 0 Å². The molecule has 2 N–H and O–H groups in total. The molecule has 0 heterocycles. The summed E-state index contributed by atoms with van der Waals surface area (Å²) in [6, 6.07) is 18.8. The number of carbonyl (C=O) groups is 1. The van der Waals surface area contributed by atoms with Crippen LogP contribution in [0.4, 0.5) is 11.4 Å². The highest BCUT2D eigenvalue weighted by Crippen LogP contribution is 2.49. The third-order valence-corrected chi connectivity index (χ3v) is 10.2. The number of nitro benzene ring substituents is 2. The summed E-state index contributed by atoms with van der Waals surface area (Å²) in [5, 5.41) is 24.3. The molecule has 0 aliphatic heterocycles. The van der Waals surface area contributed by atoms with Gasteiger partial charge in [0.1, 0.15) is 0 Å². The van der Waals surface area contributed by atoms with Crippen LogP contribution >= 0.6 is 0 Å². The van der Waals surface area contributed by atoms with E-state index >= 15 is 0 Å². The van der Waals surface area contributed by atoms with Crippen molar-refractivity contribution in [3.8, 4) is 11.1 Å². The topological polar surface area (TPSA) is 196 Å². The largest absolute Gasteiger partial charge is 0.289 e. The van der Waals surface area contributed by atoms with Gasteiger partial charge >= 0.3 is 0 Å². The molecule has 1 aliphatic carbocycles. The molecular formula is C29H24N4O9S2. The third kappa shape index (κ3) is 5.60. The molecule has 13 nitrogen and oxygen atoms in total. The molecule has 0 saturated heterocycles. The summed E-state index contributed by atoms with van der Waals surface area (Å²) in [5.74, 6) is -0.998. The molecule has 0 bridgehead atoms. The molecule has 1 aliphatic rings. The maximum absolute atomic E-state index is 13.6. The predicted molar refractivity (Wildman–Crippen MR) is 159 cm³/mol. The zero-order valence-corrected chi connectivity index (χ0v) is 24.8. The molecule has 226 valence electrons. The van der Waals surface area contributed by atoms with Crippen molar-refractivity contribution in [2.45, 2.75) is 35.7 Å². The first-order valence-corrected chi connectivity index (χ1v) is 16.0. The molecule has 44 heavy (non-hydrogen) atoms. The van der Waals surface area contributed by atoms with Crippen molar-refractivity contribution in [2.24, 2.45) is 0 Å². The van der Waals surface area contributed by atoms with Gasteiger partial charge in [0.2, 0.25) is 20.0 Å². The maximum atomic E-state index is 13.6. The number of sulfonamides is 2. The fourth-order valence-electron chi connectivity index (χ4n) is 5.05. The fourth-order valence-corrected chi connectivity index (χ4v) is 7.60. The Kier molecular flexibility index (Phi) is 7.90. The number of hydrogen-bond acceptors (Lipinski definition) is 9. The van der Waals surface area contributed by atoms with Gasteiger partial charge in [-0.15, -0.1) is 0 Å². The Morgan fingerprint density at radius 1 is 0.614 bits per heavy atom. The number of nitro groups is 2. The lowest BCUT2D eigenvalue weighted by molar-refractivity contribution is -0.386. The van der Waals surface area contributed by atoms with E-state index in [1.54, 1.807) is 74.5 Å². The molecule has 0 saturated carbocycles. The first-order valence-electron chi connectivity index (χ1n) is 13.1. The summed E-state index contributed by atoms with van der Waals surface area (Å²) in [6.07, 6.45) is 0. The Morgan fingerprint density at radius 2 is 0.955 bits per heavy atom. The minimum Gasteiger partial charge on any atom is -0.289 e. The summed E-state index contributed by atoms with van der Waals surface area (Å²) in [5.41, 5.74) is -2.41. The van der Waals surface area contributed by atoms with Crippen LogP contribution in [0.3, 0.4) is 0 Å². The van der Waals surface area contributed by atoms with Crippen LogP contribution in [-0.2, 0) is 20.0 Å². The van der Waals surface area contributed by atoms with Gasteiger partial charge in [-0.05, 0) is 37.1 Å². The van der Waals surface area contributed by atoms with Gasteiger partial charge in [0.05, 0.1) is 30.8 Å². The highest BCUT2D eigenvalue weighted by atomic mass is 32.2. The lowest BCUT2D eigenvalue weighted by atomic mass is 10.0. The fraction of sp³-hybridized carbons (Fsp3) is 0.138. The first kappa shape index (κ1) is 30.6. The van der Waals surface area contributed by atoms with Gasteiger partial charge in [-0.1, -0.05) is 60.7 Å². The van der Waals surface area contributed by atoms with E-state index in [4.69, 9.17) is 0 Å². The number of hydrogen-bond donors (Lipinski definition) is 2. The van der Waals surface area contributed by atoms with E-state index in [-0.39, 0.29) is 0 Å². The van der Waals surface area contributed by atoms with Crippen LogP contribution in [0, 0.1) is 20.2 Å². The monoisotopic (exact) mass is 636 g/mol. The average molecular weight is 637 g/mol. The van der Waals surface area contributed by atoms with Gasteiger partial charge in [-0.25, -0.2) is 26.3 Å². The highest BCUT2D eigenvalue weighted by Gasteiger charge is 2.42. The Hall–Kier alpha value is -4.83. The Bertz CT molecular complexity index is 1900. The molecule has 5 rings (SSSR count). The molecule has 0 radical (unpaired) electrons. The van der Waals surface area contributed by atoms with Gasteiger partial charge in [0, 0.05) is 35.3 Å². The molecule has 0 aromatic heterocycles. The normalized spacial score (nSPS) is 14.0. The molecule has 0 unspecified atom stereocenters. The van der Waals surface area contributed by atoms with Crippen LogP contribution in [-0.4, -0.2) is 32.5 Å². The molecule has 4 aromatic carbocycles. The van der Waals surface area contributed by atoms with Crippen LogP contribution in [0.2, 0.25) is 0 Å². The number of rotatable bonds is 10. The van der Waals surface area contributed by atoms with Gasteiger partial charge in [-0.3, -0.25) is 25.0 Å². The van der Waals surface area contributed by atoms with Gasteiger partial charge < -0.3 is 0 Å². The van der Waals surface area contributed by atoms with E-state index in [0.29, 0.717) is 11.1 Å². The van der Waals surface area contributed by atoms with Crippen molar-refractivity contribution in [3.63, 3.8) is 0 Å². The van der Waals surface area contributed by atoms with E-state index < -0.39 is 91.2 Å². The van der Waals surface area contributed by atoms with Crippen LogP contribution in [0.15, 0.2) is 94.7 Å². The number of ketones is 1. The van der Waals surface area contributed by atoms with E-state index in [1.165, 1.54) is 0 Å². The predicted octanol–water partition coefficient (Wildman–Crippen LogP) is 4.79. The van der Waals surface area contributed by atoms with Crippen molar-refractivity contribution < 1.29 is 31.5 Å². The number of benzene rings is 4. The van der Waals surface area contributed by atoms with Crippen molar-refractivity contribution in [1.82, 2.24) is 9.44 Å². The second kappa shape index (κ2) is 11.3. The highest BCUT2D eigenvalue weighted by molar-refractivity contribution is 7.89. The van der Waals surface area contributed by atoms with Gasteiger partial charge in [0.25, 0.3) is 11.4 Å². The van der Waals surface area contributed by atoms with Crippen molar-refractivity contribution in [3.05, 3.63) is 127 Å². The molecule has 0 amide bonds. The van der Waals surface area contributed by atoms with Crippen LogP contribution in [0.5, 0.6) is 0 Å².